The lowest BCUT2D eigenvalue weighted by Gasteiger charge is -2.23. The molecule has 128 valence electrons. The van der Waals surface area contributed by atoms with Gasteiger partial charge in [-0.3, -0.25) is 4.79 Å². The Morgan fingerprint density at radius 2 is 1.50 bits per heavy atom. The van der Waals surface area contributed by atoms with Crippen molar-refractivity contribution >= 4 is 11.5 Å². The summed E-state index contributed by atoms with van der Waals surface area (Å²) in [5, 5.41) is 3.30. The molecule has 4 rings (SSSR count). The highest BCUT2D eigenvalue weighted by Crippen LogP contribution is 2.31. The van der Waals surface area contributed by atoms with Crippen molar-refractivity contribution < 1.29 is 4.79 Å². The van der Waals surface area contributed by atoms with Crippen molar-refractivity contribution in [3.8, 4) is 11.4 Å². The van der Waals surface area contributed by atoms with Gasteiger partial charge in [-0.25, -0.2) is 9.97 Å². The van der Waals surface area contributed by atoms with Gasteiger partial charge in [0, 0.05) is 23.8 Å². The van der Waals surface area contributed by atoms with E-state index in [0.29, 0.717) is 12.2 Å². The van der Waals surface area contributed by atoms with E-state index < -0.39 is 0 Å². The molecule has 26 heavy (non-hydrogen) atoms. The van der Waals surface area contributed by atoms with Crippen LogP contribution in [-0.4, -0.2) is 15.8 Å². The number of hydrogen-bond acceptors (Lipinski definition) is 4. The topological polar surface area (TPSA) is 54.9 Å². The SMILES string of the molecule is O=C1C=C(Nc2cnc(-c3ccccc3)nc2)CC(c2ccccc2)C1. The molecule has 1 heterocycles. The van der Waals surface area contributed by atoms with Crippen molar-refractivity contribution in [2.45, 2.75) is 18.8 Å². The first-order valence-electron chi connectivity index (χ1n) is 8.71. The first-order valence-corrected chi connectivity index (χ1v) is 8.71. The van der Waals surface area contributed by atoms with Crippen LogP contribution in [0.25, 0.3) is 11.4 Å². The number of benzene rings is 2. The van der Waals surface area contributed by atoms with Crippen molar-refractivity contribution in [1.82, 2.24) is 9.97 Å². The second-order valence-electron chi connectivity index (χ2n) is 6.44. The van der Waals surface area contributed by atoms with Crippen LogP contribution >= 0.6 is 0 Å². The van der Waals surface area contributed by atoms with E-state index in [0.717, 1.165) is 23.4 Å². The van der Waals surface area contributed by atoms with Crippen molar-refractivity contribution in [2.24, 2.45) is 0 Å². The zero-order valence-corrected chi connectivity index (χ0v) is 14.3. The Labute approximate surface area is 152 Å². The summed E-state index contributed by atoms with van der Waals surface area (Å²) in [7, 11) is 0. The van der Waals surface area contributed by atoms with Crippen LogP contribution in [0.15, 0.2) is 84.8 Å². The van der Waals surface area contributed by atoms with E-state index in [2.05, 4.69) is 27.4 Å². The van der Waals surface area contributed by atoms with E-state index in [9.17, 15) is 4.79 Å². The Bertz CT molecular complexity index is 919. The number of carbonyl (C=O) groups is 1. The monoisotopic (exact) mass is 341 g/mol. The van der Waals surface area contributed by atoms with Gasteiger partial charge in [-0.05, 0) is 17.9 Å². The first-order chi connectivity index (χ1) is 12.8. The van der Waals surface area contributed by atoms with Gasteiger partial charge in [0.25, 0.3) is 0 Å². The second kappa shape index (κ2) is 7.31. The summed E-state index contributed by atoms with van der Waals surface area (Å²) in [5.74, 6) is 1.04. The molecule has 0 amide bonds. The summed E-state index contributed by atoms with van der Waals surface area (Å²) < 4.78 is 0. The van der Waals surface area contributed by atoms with Gasteiger partial charge in [0.05, 0.1) is 18.1 Å². The van der Waals surface area contributed by atoms with Crippen LogP contribution in [0.4, 0.5) is 5.69 Å². The number of rotatable bonds is 4. The Hall–Kier alpha value is -3.27. The van der Waals surface area contributed by atoms with Gasteiger partial charge in [0.1, 0.15) is 0 Å². The maximum absolute atomic E-state index is 12.1. The lowest BCUT2D eigenvalue weighted by Crippen LogP contribution is -2.16. The zero-order chi connectivity index (χ0) is 17.8. The van der Waals surface area contributed by atoms with Crippen molar-refractivity contribution in [3.05, 3.63) is 90.4 Å². The van der Waals surface area contributed by atoms with Crippen LogP contribution in [0.2, 0.25) is 0 Å². The third kappa shape index (κ3) is 3.70. The lowest BCUT2D eigenvalue weighted by atomic mass is 9.85. The fourth-order valence-electron chi connectivity index (χ4n) is 3.25. The third-order valence-corrected chi connectivity index (χ3v) is 4.51. The molecule has 0 saturated heterocycles. The molecule has 1 atom stereocenters. The Balaban J connectivity index is 1.49. The summed E-state index contributed by atoms with van der Waals surface area (Å²) in [6.45, 7) is 0. The van der Waals surface area contributed by atoms with E-state index in [1.165, 1.54) is 5.56 Å². The number of carbonyl (C=O) groups excluding carboxylic acids is 1. The summed E-state index contributed by atoms with van der Waals surface area (Å²) >= 11 is 0. The molecule has 0 fully saturated rings. The maximum atomic E-state index is 12.1. The smallest absolute Gasteiger partial charge is 0.159 e. The van der Waals surface area contributed by atoms with Gasteiger partial charge in [-0.1, -0.05) is 60.7 Å². The molecular weight excluding hydrogens is 322 g/mol. The summed E-state index contributed by atoms with van der Waals surface area (Å²) in [6.07, 6.45) is 6.57. The number of nitrogens with zero attached hydrogens (tertiary/aromatic N) is 2. The van der Waals surface area contributed by atoms with Crippen molar-refractivity contribution in [3.63, 3.8) is 0 Å². The van der Waals surface area contributed by atoms with Gasteiger partial charge < -0.3 is 5.32 Å². The van der Waals surface area contributed by atoms with Crippen LogP contribution in [-0.2, 0) is 4.79 Å². The normalized spacial score (nSPS) is 16.8. The van der Waals surface area contributed by atoms with Crippen molar-refractivity contribution in [2.75, 3.05) is 5.32 Å². The second-order valence-corrected chi connectivity index (χ2v) is 6.44. The first kappa shape index (κ1) is 16.2. The van der Waals surface area contributed by atoms with Crippen LogP contribution in [0, 0.1) is 0 Å². The minimum absolute atomic E-state index is 0.148. The fraction of sp³-hybridized carbons (Fsp3) is 0.136. The minimum Gasteiger partial charge on any atom is -0.356 e. The van der Waals surface area contributed by atoms with Crippen molar-refractivity contribution in [1.29, 1.82) is 0 Å². The standard InChI is InChI=1S/C22H19N3O/c26-21-12-18(16-7-3-1-4-8-16)11-19(13-21)25-20-14-23-22(24-15-20)17-9-5-2-6-10-17/h1-10,13-15,18,25H,11-12H2. The number of ketones is 1. The molecule has 0 spiro atoms. The molecule has 1 unspecified atom stereocenters. The number of allylic oxidation sites excluding steroid dienone is 2. The van der Waals surface area contributed by atoms with Gasteiger partial charge in [0.2, 0.25) is 0 Å². The molecular formula is C22H19N3O. The van der Waals surface area contributed by atoms with Gasteiger partial charge >= 0.3 is 0 Å². The minimum atomic E-state index is 0.148. The largest absolute Gasteiger partial charge is 0.356 e. The Kier molecular flexibility index (Phi) is 4.56. The molecule has 4 nitrogen and oxygen atoms in total. The number of anilines is 1. The molecule has 1 aliphatic rings. The summed E-state index contributed by atoms with van der Waals surface area (Å²) in [6, 6.07) is 20.1. The van der Waals surface area contributed by atoms with E-state index in [1.54, 1.807) is 18.5 Å². The molecule has 3 aromatic rings. The van der Waals surface area contributed by atoms with E-state index in [1.807, 2.05) is 48.5 Å². The van der Waals surface area contributed by atoms with Crippen LogP contribution < -0.4 is 5.32 Å². The highest BCUT2D eigenvalue weighted by molar-refractivity contribution is 5.92. The van der Waals surface area contributed by atoms with Gasteiger partial charge in [-0.2, -0.15) is 0 Å². The molecule has 1 aromatic heterocycles. The molecule has 0 saturated carbocycles. The number of aromatic nitrogens is 2. The average Bonchev–Trinajstić information content (AvgIpc) is 2.69. The maximum Gasteiger partial charge on any atom is 0.159 e. The molecule has 0 aliphatic heterocycles. The quantitative estimate of drug-likeness (QED) is 0.754. The van der Waals surface area contributed by atoms with Gasteiger partial charge in [-0.15, -0.1) is 0 Å². The predicted octanol–water partition coefficient (Wildman–Crippen LogP) is 4.59. The highest BCUT2D eigenvalue weighted by atomic mass is 16.1. The predicted molar refractivity (Wildman–Crippen MR) is 103 cm³/mol. The summed E-state index contributed by atoms with van der Waals surface area (Å²) in [4.78, 5) is 21.0. The molecule has 1 aliphatic carbocycles. The average molecular weight is 341 g/mol. The van der Waals surface area contributed by atoms with E-state index in [4.69, 9.17) is 0 Å². The van der Waals surface area contributed by atoms with Crippen LogP contribution in [0.5, 0.6) is 0 Å². The summed E-state index contributed by atoms with van der Waals surface area (Å²) in [5.41, 5.74) is 3.88. The lowest BCUT2D eigenvalue weighted by molar-refractivity contribution is -0.115. The molecule has 1 N–H and O–H groups in total. The molecule has 0 radical (unpaired) electrons. The highest BCUT2D eigenvalue weighted by Gasteiger charge is 2.22. The molecule has 0 bridgehead atoms. The van der Waals surface area contributed by atoms with E-state index in [-0.39, 0.29) is 11.7 Å². The Morgan fingerprint density at radius 1 is 0.846 bits per heavy atom. The molecule has 4 heteroatoms. The molecule has 2 aromatic carbocycles. The third-order valence-electron chi connectivity index (χ3n) is 4.51. The number of nitrogens with one attached hydrogen (secondary N) is 1. The zero-order valence-electron chi connectivity index (χ0n) is 14.3. The van der Waals surface area contributed by atoms with Gasteiger partial charge in [0.15, 0.2) is 11.6 Å². The Morgan fingerprint density at radius 3 is 2.19 bits per heavy atom. The van der Waals surface area contributed by atoms with E-state index >= 15 is 0 Å². The fourth-order valence-corrected chi connectivity index (χ4v) is 3.25. The van der Waals surface area contributed by atoms with Crippen LogP contribution in [0.1, 0.15) is 24.3 Å². The number of hydrogen-bond donors (Lipinski definition) is 1. The van der Waals surface area contributed by atoms with Crippen LogP contribution in [0.3, 0.4) is 0 Å².